The lowest BCUT2D eigenvalue weighted by Gasteiger charge is -2.15. The molecule has 18 heavy (non-hydrogen) atoms. The Morgan fingerprint density at radius 1 is 1.44 bits per heavy atom. The minimum Gasteiger partial charge on any atom is -0.349 e. The number of carbonyl (C=O) groups excluding carboxylic acids is 1. The topological polar surface area (TPSA) is 32.3 Å². The Labute approximate surface area is 108 Å². The smallest absolute Gasteiger partial charge is 0.222 e. The third-order valence-corrected chi connectivity index (χ3v) is 2.87. The molecule has 0 aliphatic heterocycles. The van der Waals surface area contributed by atoms with E-state index in [4.69, 9.17) is 0 Å². The summed E-state index contributed by atoms with van der Waals surface area (Å²) in [6.07, 6.45) is 1.33. The number of nitrogens with zero attached hydrogens (tertiary/aromatic N) is 1. The van der Waals surface area contributed by atoms with Crippen LogP contribution in [0.3, 0.4) is 0 Å². The SMILES string of the molecule is C[C@@H](NCCCC(=O)N(C)C)c1cccc(F)c1. The second kappa shape index (κ2) is 7.11. The molecule has 1 aromatic rings. The Bertz CT molecular complexity index is 393. The van der Waals surface area contributed by atoms with Gasteiger partial charge in [0.1, 0.15) is 5.82 Å². The maximum absolute atomic E-state index is 13.0. The molecule has 1 rings (SSSR count). The number of rotatable bonds is 6. The van der Waals surface area contributed by atoms with Gasteiger partial charge in [0.05, 0.1) is 0 Å². The van der Waals surface area contributed by atoms with Gasteiger partial charge in [-0.25, -0.2) is 4.39 Å². The number of amides is 1. The number of nitrogens with one attached hydrogen (secondary N) is 1. The Kier molecular flexibility index (Phi) is 5.78. The van der Waals surface area contributed by atoms with Gasteiger partial charge >= 0.3 is 0 Å². The van der Waals surface area contributed by atoms with Gasteiger partial charge in [-0.1, -0.05) is 12.1 Å². The molecule has 3 nitrogen and oxygen atoms in total. The Morgan fingerprint density at radius 2 is 2.17 bits per heavy atom. The largest absolute Gasteiger partial charge is 0.349 e. The summed E-state index contributed by atoms with van der Waals surface area (Å²) >= 11 is 0. The van der Waals surface area contributed by atoms with Crippen molar-refractivity contribution in [3.05, 3.63) is 35.6 Å². The van der Waals surface area contributed by atoms with Crippen molar-refractivity contribution in [1.82, 2.24) is 10.2 Å². The van der Waals surface area contributed by atoms with E-state index in [-0.39, 0.29) is 17.8 Å². The van der Waals surface area contributed by atoms with Gasteiger partial charge in [-0.2, -0.15) is 0 Å². The van der Waals surface area contributed by atoms with Crippen LogP contribution in [-0.2, 0) is 4.79 Å². The highest BCUT2D eigenvalue weighted by Gasteiger charge is 2.06. The van der Waals surface area contributed by atoms with E-state index >= 15 is 0 Å². The third kappa shape index (κ3) is 4.84. The zero-order valence-corrected chi connectivity index (χ0v) is 11.2. The quantitative estimate of drug-likeness (QED) is 0.788. The molecular weight excluding hydrogens is 231 g/mol. The summed E-state index contributed by atoms with van der Waals surface area (Å²) in [5.74, 6) is -0.0841. The molecule has 1 amide bonds. The molecule has 0 saturated carbocycles. The lowest BCUT2D eigenvalue weighted by atomic mass is 10.1. The summed E-state index contributed by atoms with van der Waals surface area (Å²) in [6.45, 7) is 2.74. The van der Waals surface area contributed by atoms with Gasteiger partial charge in [0.15, 0.2) is 0 Å². The number of halogens is 1. The predicted molar refractivity (Wildman–Crippen MR) is 70.7 cm³/mol. The van der Waals surface area contributed by atoms with E-state index in [0.717, 1.165) is 18.5 Å². The minimum absolute atomic E-state index is 0.0927. The van der Waals surface area contributed by atoms with Crippen molar-refractivity contribution >= 4 is 5.91 Å². The number of hydrogen-bond acceptors (Lipinski definition) is 2. The Balaban J connectivity index is 2.29. The standard InChI is InChI=1S/C14H21FN2O/c1-11(12-6-4-7-13(15)10-12)16-9-5-8-14(18)17(2)3/h4,6-7,10-11,16H,5,8-9H2,1-3H3/t11-/m1/s1. The highest BCUT2D eigenvalue weighted by molar-refractivity contribution is 5.75. The summed E-state index contributed by atoms with van der Waals surface area (Å²) < 4.78 is 13.0. The van der Waals surface area contributed by atoms with Crippen molar-refractivity contribution in [2.75, 3.05) is 20.6 Å². The molecule has 1 aromatic carbocycles. The van der Waals surface area contributed by atoms with Crippen molar-refractivity contribution in [3.63, 3.8) is 0 Å². The molecular formula is C14H21FN2O. The zero-order valence-electron chi connectivity index (χ0n) is 11.2. The van der Waals surface area contributed by atoms with Crippen LogP contribution < -0.4 is 5.32 Å². The summed E-state index contributed by atoms with van der Waals surface area (Å²) in [6, 6.07) is 6.66. The van der Waals surface area contributed by atoms with E-state index in [1.165, 1.54) is 12.1 Å². The molecule has 0 aliphatic carbocycles. The first-order valence-corrected chi connectivity index (χ1v) is 6.19. The maximum atomic E-state index is 13.0. The fourth-order valence-corrected chi connectivity index (χ4v) is 1.68. The van der Waals surface area contributed by atoms with E-state index in [1.807, 2.05) is 13.0 Å². The van der Waals surface area contributed by atoms with E-state index in [0.29, 0.717) is 6.42 Å². The minimum atomic E-state index is -0.219. The van der Waals surface area contributed by atoms with Crippen LogP contribution in [0.15, 0.2) is 24.3 Å². The van der Waals surface area contributed by atoms with Crippen LogP contribution in [0, 0.1) is 5.82 Å². The molecule has 0 heterocycles. The molecule has 1 atom stereocenters. The number of hydrogen-bond donors (Lipinski definition) is 1. The van der Waals surface area contributed by atoms with E-state index in [9.17, 15) is 9.18 Å². The molecule has 0 saturated heterocycles. The van der Waals surface area contributed by atoms with Gasteiger partial charge in [0.25, 0.3) is 0 Å². The molecule has 0 aromatic heterocycles. The summed E-state index contributed by atoms with van der Waals surface area (Å²) in [5.41, 5.74) is 0.925. The molecule has 0 spiro atoms. The lowest BCUT2D eigenvalue weighted by Crippen LogP contribution is -2.24. The first-order valence-electron chi connectivity index (χ1n) is 6.19. The van der Waals surface area contributed by atoms with Gasteiger partial charge in [-0.05, 0) is 37.6 Å². The van der Waals surface area contributed by atoms with Crippen LogP contribution in [-0.4, -0.2) is 31.4 Å². The van der Waals surface area contributed by atoms with E-state index in [2.05, 4.69) is 5.32 Å². The predicted octanol–water partition coefficient (Wildman–Crippen LogP) is 2.34. The Hall–Kier alpha value is -1.42. The van der Waals surface area contributed by atoms with Crippen molar-refractivity contribution in [2.45, 2.75) is 25.8 Å². The summed E-state index contributed by atoms with van der Waals surface area (Å²) in [5, 5.41) is 3.28. The maximum Gasteiger partial charge on any atom is 0.222 e. The van der Waals surface area contributed by atoms with E-state index < -0.39 is 0 Å². The molecule has 0 bridgehead atoms. The average Bonchev–Trinajstić information content (AvgIpc) is 2.33. The molecule has 100 valence electrons. The lowest BCUT2D eigenvalue weighted by molar-refractivity contribution is -0.128. The first kappa shape index (κ1) is 14.6. The second-order valence-electron chi connectivity index (χ2n) is 4.62. The fraction of sp³-hybridized carbons (Fsp3) is 0.500. The van der Waals surface area contributed by atoms with E-state index in [1.54, 1.807) is 25.1 Å². The summed E-state index contributed by atoms with van der Waals surface area (Å²) in [7, 11) is 3.51. The van der Waals surface area contributed by atoms with Crippen LogP contribution >= 0.6 is 0 Å². The van der Waals surface area contributed by atoms with Crippen molar-refractivity contribution in [1.29, 1.82) is 0 Å². The normalized spacial score (nSPS) is 12.2. The highest BCUT2D eigenvalue weighted by atomic mass is 19.1. The molecule has 0 fully saturated rings. The Morgan fingerprint density at radius 3 is 2.78 bits per heavy atom. The van der Waals surface area contributed by atoms with Crippen molar-refractivity contribution in [3.8, 4) is 0 Å². The van der Waals surface area contributed by atoms with Crippen LogP contribution in [0.4, 0.5) is 4.39 Å². The van der Waals surface area contributed by atoms with Crippen LogP contribution in [0.25, 0.3) is 0 Å². The molecule has 1 N–H and O–H groups in total. The van der Waals surface area contributed by atoms with Crippen LogP contribution in [0.1, 0.15) is 31.4 Å². The van der Waals surface area contributed by atoms with Gasteiger partial charge in [0.2, 0.25) is 5.91 Å². The molecule has 0 aliphatic rings. The zero-order chi connectivity index (χ0) is 13.5. The summed E-state index contributed by atoms with van der Waals surface area (Å²) in [4.78, 5) is 12.9. The van der Waals surface area contributed by atoms with Crippen LogP contribution in [0.2, 0.25) is 0 Å². The second-order valence-corrected chi connectivity index (χ2v) is 4.62. The molecule has 4 heteroatoms. The van der Waals surface area contributed by atoms with Gasteiger partial charge < -0.3 is 10.2 Å². The van der Waals surface area contributed by atoms with Crippen molar-refractivity contribution in [2.24, 2.45) is 0 Å². The fourth-order valence-electron chi connectivity index (χ4n) is 1.68. The highest BCUT2D eigenvalue weighted by Crippen LogP contribution is 2.13. The third-order valence-electron chi connectivity index (χ3n) is 2.87. The first-order chi connectivity index (χ1) is 8.50. The van der Waals surface area contributed by atoms with Gasteiger partial charge in [0, 0.05) is 26.6 Å². The van der Waals surface area contributed by atoms with Crippen molar-refractivity contribution < 1.29 is 9.18 Å². The number of benzene rings is 1. The molecule has 0 unspecified atom stereocenters. The molecule has 0 radical (unpaired) electrons. The average molecular weight is 252 g/mol. The van der Waals surface area contributed by atoms with Gasteiger partial charge in [-0.3, -0.25) is 4.79 Å². The van der Waals surface area contributed by atoms with Crippen LogP contribution in [0.5, 0.6) is 0 Å². The number of carbonyl (C=O) groups is 1. The van der Waals surface area contributed by atoms with Gasteiger partial charge in [-0.15, -0.1) is 0 Å². The monoisotopic (exact) mass is 252 g/mol.